The molecule has 1 aliphatic rings. The Bertz CT molecular complexity index is 693. The number of hydrogen-bond acceptors (Lipinski definition) is 4. The van der Waals surface area contributed by atoms with Gasteiger partial charge in [0.25, 0.3) is 5.91 Å². The molecule has 0 fully saturated rings. The second kappa shape index (κ2) is 4.90. The SMILES string of the molecule is Cc1c(C(=O)NC2=NCCS2)oc2c(Cl)cccc12. The van der Waals surface area contributed by atoms with Crippen LogP contribution in [0.25, 0.3) is 11.0 Å². The minimum Gasteiger partial charge on any atom is -0.449 e. The molecule has 1 aliphatic heterocycles. The number of rotatable bonds is 1. The Morgan fingerprint density at radius 1 is 1.53 bits per heavy atom. The molecule has 0 unspecified atom stereocenters. The number of nitrogens with zero attached hydrogens (tertiary/aromatic N) is 1. The zero-order chi connectivity index (χ0) is 13.4. The smallest absolute Gasteiger partial charge is 0.293 e. The number of carbonyl (C=O) groups excluding carboxylic acids is 1. The molecule has 0 spiro atoms. The zero-order valence-corrected chi connectivity index (χ0v) is 11.8. The van der Waals surface area contributed by atoms with Crippen molar-refractivity contribution < 1.29 is 9.21 Å². The van der Waals surface area contributed by atoms with E-state index >= 15 is 0 Å². The number of thioether (sulfide) groups is 1. The molecule has 2 heterocycles. The minimum atomic E-state index is -0.280. The van der Waals surface area contributed by atoms with Crippen molar-refractivity contribution in [1.82, 2.24) is 5.32 Å². The van der Waals surface area contributed by atoms with E-state index in [1.165, 1.54) is 11.8 Å². The number of benzene rings is 1. The van der Waals surface area contributed by atoms with E-state index in [9.17, 15) is 4.79 Å². The molecule has 1 aromatic heterocycles. The Labute approximate surface area is 119 Å². The molecule has 0 radical (unpaired) electrons. The Kier molecular flexibility index (Phi) is 3.24. The van der Waals surface area contributed by atoms with Crippen LogP contribution in [-0.2, 0) is 0 Å². The fourth-order valence-electron chi connectivity index (χ4n) is 1.99. The Morgan fingerprint density at radius 3 is 3.05 bits per heavy atom. The summed E-state index contributed by atoms with van der Waals surface area (Å²) in [5, 5.41) is 4.77. The topological polar surface area (TPSA) is 54.6 Å². The maximum atomic E-state index is 12.2. The number of carbonyl (C=O) groups is 1. The van der Waals surface area contributed by atoms with Crippen molar-refractivity contribution in [2.45, 2.75) is 6.92 Å². The van der Waals surface area contributed by atoms with E-state index in [-0.39, 0.29) is 5.91 Å². The maximum Gasteiger partial charge on any atom is 0.293 e. The van der Waals surface area contributed by atoms with E-state index in [2.05, 4.69) is 10.3 Å². The molecule has 2 aromatic rings. The van der Waals surface area contributed by atoms with Crippen LogP contribution < -0.4 is 5.32 Å². The third-order valence-electron chi connectivity index (χ3n) is 2.93. The van der Waals surface area contributed by atoms with Crippen molar-refractivity contribution in [3.05, 3.63) is 34.5 Å². The van der Waals surface area contributed by atoms with Gasteiger partial charge in [-0.1, -0.05) is 35.5 Å². The largest absolute Gasteiger partial charge is 0.449 e. The summed E-state index contributed by atoms with van der Waals surface area (Å²) < 4.78 is 5.59. The van der Waals surface area contributed by atoms with Gasteiger partial charge in [0.1, 0.15) is 0 Å². The van der Waals surface area contributed by atoms with Gasteiger partial charge in [0.2, 0.25) is 0 Å². The van der Waals surface area contributed by atoms with Gasteiger partial charge in [0.05, 0.1) is 11.6 Å². The summed E-state index contributed by atoms with van der Waals surface area (Å²) in [6.45, 7) is 2.59. The number of aliphatic imine (C=N–C) groups is 1. The van der Waals surface area contributed by atoms with Gasteiger partial charge in [-0.05, 0) is 13.0 Å². The highest BCUT2D eigenvalue weighted by atomic mass is 35.5. The highest BCUT2D eigenvalue weighted by Crippen LogP contribution is 2.30. The van der Waals surface area contributed by atoms with Crippen LogP contribution >= 0.6 is 23.4 Å². The van der Waals surface area contributed by atoms with Gasteiger partial charge in [-0.3, -0.25) is 15.1 Å². The lowest BCUT2D eigenvalue weighted by atomic mass is 10.1. The molecule has 1 N–H and O–H groups in total. The molecule has 0 saturated heterocycles. The van der Waals surface area contributed by atoms with E-state index < -0.39 is 0 Å². The Hall–Kier alpha value is -1.46. The Morgan fingerprint density at radius 2 is 2.37 bits per heavy atom. The molecule has 0 bridgehead atoms. The van der Waals surface area contributed by atoms with Crippen molar-refractivity contribution >= 4 is 45.4 Å². The van der Waals surface area contributed by atoms with Crippen molar-refractivity contribution in [3.8, 4) is 0 Å². The fraction of sp³-hybridized carbons (Fsp3) is 0.231. The Balaban J connectivity index is 1.98. The summed E-state index contributed by atoms with van der Waals surface area (Å²) in [4.78, 5) is 16.3. The van der Waals surface area contributed by atoms with Gasteiger partial charge < -0.3 is 4.42 Å². The second-order valence-corrected chi connectivity index (χ2v) is 5.65. The lowest BCUT2D eigenvalue weighted by Crippen LogP contribution is -2.27. The standard InChI is InChI=1S/C13H11ClN2O2S/c1-7-8-3-2-4-9(14)11(8)18-10(7)12(17)16-13-15-5-6-19-13/h2-4H,5-6H2,1H3,(H,15,16,17). The average molecular weight is 295 g/mol. The third-order valence-corrected chi connectivity index (χ3v) is 4.12. The molecule has 1 amide bonds. The number of fused-ring (bicyclic) bond motifs is 1. The van der Waals surface area contributed by atoms with Crippen molar-refractivity contribution in [1.29, 1.82) is 0 Å². The number of furan rings is 1. The summed E-state index contributed by atoms with van der Waals surface area (Å²) in [6.07, 6.45) is 0. The number of para-hydroxylation sites is 1. The highest BCUT2D eigenvalue weighted by molar-refractivity contribution is 8.14. The number of halogens is 1. The van der Waals surface area contributed by atoms with Crippen molar-refractivity contribution in [2.75, 3.05) is 12.3 Å². The molecule has 0 aliphatic carbocycles. The first-order valence-electron chi connectivity index (χ1n) is 5.83. The molecule has 0 saturated carbocycles. The maximum absolute atomic E-state index is 12.2. The second-order valence-electron chi connectivity index (χ2n) is 4.16. The molecule has 3 rings (SSSR count). The van der Waals surface area contributed by atoms with Crippen LogP contribution in [-0.4, -0.2) is 23.4 Å². The van der Waals surface area contributed by atoms with Gasteiger partial charge in [-0.2, -0.15) is 0 Å². The third kappa shape index (κ3) is 2.24. The van der Waals surface area contributed by atoms with E-state index in [4.69, 9.17) is 16.0 Å². The first-order valence-corrected chi connectivity index (χ1v) is 7.19. The van der Waals surface area contributed by atoms with Gasteiger partial charge in [0, 0.05) is 16.7 Å². The summed E-state index contributed by atoms with van der Waals surface area (Å²) in [7, 11) is 0. The molecular weight excluding hydrogens is 284 g/mol. The van der Waals surface area contributed by atoms with Crippen LogP contribution in [0.2, 0.25) is 5.02 Å². The number of amidine groups is 1. The van der Waals surface area contributed by atoms with Gasteiger partial charge >= 0.3 is 0 Å². The van der Waals surface area contributed by atoms with Gasteiger partial charge in [0.15, 0.2) is 16.5 Å². The summed E-state index contributed by atoms with van der Waals surface area (Å²) in [5.74, 6) is 0.914. The van der Waals surface area contributed by atoms with Crippen LogP contribution in [0.5, 0.6) is 0 Å². The average Bonchev–Trinajstić information content (AvgIpc) is 2.99. The molecule has 98 valence electrons. The van der Waals surface area contributed by atoms with Gasteiger partial charge in [-0.25, -0.2) is 0 Å². The first kappa shape index (κ1) is 12.6. The first-order chi connectivity index (χ1) is 9.16. The normalized spacial score (nSPS) is 14.7. The number of aryl methyl sites for hydroxylation is 1. The summed E-state index contributed by atoms with van der Waals surface area (Å²) in [5.41, 5.74) is 1.34. The van der Waals surface area contributed by atoms with E-state index in [1.54, 1.807) is 6.07 Å². The summed E-state index contributed by atoms with van der Waals surface area (Å²) >= 11 is 7.60. The fourth-order valence-corrected chi connectivity index (χ4v) is 2.93. The monoisotopic (exact) mass is 294 g/mol. The predicted molar refractivity (Wildman–Crippen MR) is 78.2 cm³/mol. The van der Waals surface area contributed by atoms with E-state index in [1.807, 2.05) is 19.1 Å². The van der Waals surface area contributed by atoms with Crippen molar-refractivity contribution in [3.63, 3.8) is 0 Å². The molecule has 19 heavy (non-hydrogen) atoms. The molecule has 6 heteroatoms. The number of amides is 1. The molecule has 4 nitrogen and oxygen atoms in total. The van der Waals surface area contributed by atoms with E-state index in [0.717, 1.165) is 23.2 Å². The minimum absolute atomic E-state index is 0.280. The van der Waals surface area contributed by atoms with Gasteiger partial charge in [-0.15, -0.1) is 0 Å². The molecule has 0 atom stereocenters. The van der Waals surface area contributed by atoms with Crippen LogP contribution in [0, 0.1) is 6.92 Å². The van der Waals surface area contributed by atoms with E-state index in [0.29, 0.717) is 21.5 Å². The predicted octanol–water partition coefficient (Wildman–Crippen LogP) is 3.23. The number of nitrogens with one attached hydrogen (secondary N) is 1. The van der Waals surface area contributed by atoms with Crippen molar-refractivity contribution in [2.24, 2.45) is 4.99 Å². The number of hydrogen-bond donors (Lipinski definition) is 1. The lowest BCUT2D eigenvalue weighted by molar-refractivity contribution is 0.0952. The van der Waals surface area contributed by atoms with Crippen LogP contribution in [0.15, 0.2) is 27.6 Å². The summed E-state index contributed by atoms with van der Waals surface area (Å²) in [6, 6.07) is 5.47. The van der Waals surface area contributed by atoms with Crippen LogP contribution in [0.3, 0.4) is 0 Å². The van der Waals surface area contributed by atoms with Crippen LogP contribution in [0.4, 0.5) is 0 Å². The van der Waals surface area contributed by atoms with Crippen LogP contribution in [0.1, 0.15) is 16.1 Å². The zero-order valence-electron chi connectivity index (χ0n) is 10.2. The quantitative estimate of drug-likeness (QED) is 0.878. The molecular formula is C13H11ClN2O2S. The molecule has 1 aromatic carbocycles. The lowest BCUT2D eigenvalue weighted by Gasteiger charge is -2.01. The highest BCUT2D eigenvalue weighted by Gasteiger charge is 2.21.